The third-order valence-corrected chi connectivity index (χ3v) is 1.18. The Morgan fingerprint density at radius 2 is 1.20 bits per heavy atom. The molecule has 0 saturated heterocycles. The summed E-state index contributed by atoms with van der Waals surface area (Å²) in [5.41, 5.74) is 0. The third-order valence-electron chi connectivity index (χ3n) is 1.18. The summed E-state index contributed by atoms with van der Waals surface area (Å²) in [5.74, 6) is 0. The van der Waals surface area contributed by atoms with Crippen LogP contribution in [0.1, 0.15) is 12.8 Å². The van der Waals surface area contributed by atoms with Crippen LogP contribution in [0.5, 0.6) is 0 Å². The standard InChI is InChI=1S/C6H16N2O2/c9-5-7-3-1-2-4-8-6-10/h7-10H,1-6H2. The maximum Gasteiger partial charge on any atom is 0.0931 e. The summed E-state index contributed by atoms with van der Waals surface area (Å²) in [6.07, 6.45) is 2.04. The zero-order valence-corrected chi connectivity index (χ0v) is 6.14. The monoisotopic (exact) mass is 148 g/mol. The molecule has 0 unspecified atom stereocenters. The second kappa shape index (κ2) is 8.84. The lowest BCUT2D eigenvalue weighted by Gasteiger charge is -2.00. The Hall–Kier alpha value is -0.160. The number of aliphatic hydroxyl groups excluding tert-OH is 2. The molecule has 0 atom stereocenters. The van der Waals surface area contributed by atoms with Gasteiger partial charge >= 0.3 is 0 Å². The van der Waals surface area contributed by atoms with E-state index in [2.05, 4.69) is 10.6 Å². The zero-order chi connectivity index (χ0) is 7.66. The van der Waals surface area contributed by atoms with Gasteiger partial charge in [-0.1, -0.05) is 0 Å². The number of nitrogens with one attached hydrogen (secondary N) is 2. The Morgan fingerprint density at radius 1 is 0.800 bits per heavy atom. The van der Waals surface area contributed by atoms with Crippen molar-refractivity contribution < 1.29 is 10.2 Å². The van der Waals surface area contributed by atoms with Gasteiger partial charge in [0, 0.05) is 0 Å². The fourth-order valence-electron chi connectivity index (χ4n) is 0.658. The number of unbranched alkanes of at least 4 members (excludes halogenated alkanes) is 1. The van der Waals surface area contributed by atoms with Gasteiger partial charge in [-0.15, -0.1) is 0 Å². The highest BCUT2D eigenvalue weighted by Crippen LogP contribution is 1.82. The van der Waals surface area contributed by atoms with Gasteiger partial charge in [-0.05, 0) is 25.9 Å². The predicted molar refractivity (Wildman–Crippen MR) is 39.4 cm³/mol. The molecule has 0 amide bonds. The first-order valence-corrected chi connectivity index (χ1v) is 3.55. The van der Waals surface area contributed by atoms with Gasteiger partial charge in [0.15, 0.2) is 0 Å². The van der Waals surface area contributed by atoms with Crippen LogP contribution in [0.4, 0.5) is 0 Å². The highest BCUT2D eigenvalue weighted by atomic mass is 16.3. The second-order valence-corrected chi connectivity index (χ2v) is 2.02. The molecule has 0 bridgehead atoms. The molecular formula is C6H16N2O2. The van der Waals surface area contributed by atoms with Gasteiger partial charge in [0.1, 0.15) is 0 Å². The summed E-state index contributed by atoms with van der Waals surface area (Å²) < 4.78 is 0. The Morgan fingerprint density at radius 3 is 1.50 bits per heavy atom. The molecule has 0 aliphatic carbocycles. The van der Waals surface area contributed by atoms with Crippen molar-refractivity contribution >= 4 is 0 Å². The number of hydrogen-bond donors (Lipinski definition) is 4. The minimum Gasteiger partial charge on any atom is -0.381 e. The van der Waals surface area contributed by atoms with Crippen molar-refractivity contribution in [1.29, 1.82) is 0 Å². The molecule has 62 valence electrons. The zero-order valence-electron chi connectivity index (χ0n) is 6.14. The van der Waals surface area contributed by atoms with E-state index in [1.54, 1.807) is 0 Å². The van der Waals surface area contributed by atoms with Gasteiger partial charge in [-0.2, -0.15) is 0 Å². The Labute approximate surface area is 61.3 Å². The highest BCUT2D eigenvalue weighted by molar-refractivity contribution is 4.45. The van der Waals surface area contributed by atoms with E-state index >= 15 is 0 Å². The molecule has 0 aromatic rings. The van der Waals surface area contributed by atoms with E-state index in [0.717, 1.165) is 25.9 Å². The maximum absolute atomic E-state index is 8.30. The summed E-state index contributed by atoms with van der Waals surface area (Å²) in [7, 11) is 0. The van der Waals surface area contributed by atoms with Crippen molar-refractivity contribution in [3.63, 3.8) is 0 Å². The molecule has 4 N–H and O–H groups in total. The molecule has 0 spiro atoms. The van der Waals surface area contributed by atoms with Crippen LogP contribution in [0.25, 0.3) is 0 Å². The first-order valence-electron chi connectivity index (χ1n) is 3.55. The van der Waals surface area contributed by atoms with E-state index < -0.39 is 0 Å². The fraction of sp³-hybridized carbons (Fsp3) is 1.00. The molecule has 0 saturated carbocycles. The van der Waals surface area contributed by atoms with E-state index in [-0.39, 0.29) is 13.5 Å². The quantitative estimate of drug-likeness (QED) is 0.272. The molecular weight excluding hydrogens is 132 g/mol. The second-order valence-electron chi connectivity index (χ2n) is 2.02. The number of rotatable bonds is 7. The van der Waals surface area contributed by atoms with Crippen LogP contribution in [-0.2, 0) is 0 Å². The van der Waals surface area contributed by atoms with E-state index in [1.807, 2.05) is 0 Å². The Kier molecular flexibility index (Phi) is 8.70. The largest absolute Gasteiger partial charge is 0.381 e. The number of aliphatic hydroxyl groups is 2. The van der Waals surface area contributed by atoms with Crippen molar-refractivity contribution in [2.45, 2.75) is 12.8 Å². The SMILES string of the molecule is OCNCCCCNCO. The molecule has 4 heteroatoms. The molecule has 0 rings (SSSR count). The molecule has 0 radical (unpaired) electrons. The van der Waals surface area contributed by atoms with Gasteiger partial charge in [0.25, 0.3) is 0 Å². The van der Waals surface area contributed by atoms with E-state index in [1.165, 1.54) is 0 Å². The summed E-state index contributed by atoms with van der Waals surface area (Å²) in [4.78, 5) is 0. The van der Waals surface area contributed by atoms with Crippen molar-refractivity contribution in [2.75, 3.05) is 26.6 Å². The predicted octanol–water partition coefficient (Wildman–Crippen LogP) is -1.15. The molecule has 0 aromatic carbocycles. The van der Waals surface area contributed by atoms with Crippen molar-refractivity contribution in [2.24, 2.45) is 0 Å². The fourth-order valence-corrected chi connectivity index (χ4v) is 0.658. The molecule has 0 fully saturated rings. The van der Waals surface area contributed by atoms with Crippen LogP contribution in [0.2, 0.25) is 0 Å². The Balaban J connectivity index is 2.65. The third kappa shape index (κ3) is 7.84. The van der Waals surface area contributed by atoms with Gasteiger partial charge in [0.05, 0.1) is 13.5 Å². The first kappa shape index (κ1) is 9.84. The molecule has 10 heavy (non-hydrogen) atoms. The van der Waals surface area contributed by atoms with Crippen molar-refractivity contribution in [1.82, 2.24) is 10.6 Å². The molecule has 0 aliphatic rings. The lowest BCUT2D eigenvalue weighted by atomic mass is 10.3. The molecule has 0 heterocycles. The van der Waals surface area contributed by atoms with Gasteiger partial charge in [0.2, 0.25) is 0 Å². The number of hydrogen-bond acceptors (Lipinski definition) is 4. The van der Waals surface area contributed by atoms with Crippen LogP contribution < -0.4 is 10.6 Å². The molecule has 0 aliphatic heterocycles. The topological polar surface area (TPSA) is 64.5 Å². The van der Waals surface area contributed by atoms with E-state index in [0.29, 0.717) is 0 Å². The van der Waals surface area contributed by atoms with Crippen molar-refractivity contribution in [3.8, 4) is 0 Å². The smallest absolute Gasteiger partial charge is 0.0931 e. The van der Waals surface area contributed by atoms with Gasteiger partial charge in [-0.25, -0.2) is 0 Å². The van der Waals surface area contributed by atoms with Gasteiger partial charge < -0.3 is 10.2 Å². The summed E-state index contributed by atoms with van der Waals surface area (Å²) >= 11 is 0. The first-order chi connectivity index (χ1) is 4.91. The van der Waals surface area contributed by atoms with Crippen LogP contribution in [0, 0.1) is 0 Å². The summed E-state index contributed by atoms with van der Waals surface area (Å²) in [6, 6.07) is 0. The minimum atomic E-state index is 0.0490. The van der Waals surface area contributed by atoms with Crippen LogP contribution in [0.15, 0.2) is 0 Å². The minimum absolute atomic E-state index is 0.0490. The molecule has 0 aromatic heterocycles. The molecule has 4 nitrogen and oxygen atoms in total. The van der Waals surface area contributed by atoms with Crippen molar-refractivity contribution in [3.05, 3.63) is 0 Å². The maximum atomic E-state index is 8.30. The van der Waals surface area contributed by atoms with Crippen LogP contribution >= 0.6 is 0 Å². The van der Waals surface area contributed by atoms with Crippen LogP contribution in [0.3, 0.4) is 0 Å². The summed E-state index contributed by atoms with van der Waals surface area (Å²) in [6.45, 7) is 1.77. The lowest BCUT2D eigenvalue weighted by Crippen LogP contribution is -2.19. The van der Waals surface area contributed by atoms with E-state index in [4.69, 9.17) is 10.2 Å². The van der Waals surface area contributed by atoms with Gasteiger partial charge in [-0.3, -0.25) is 10.6 Å². The highest BCUT2D eigenvalue weighted by Gasteiger charge is 1.85. The van der Waals surface area contributed by atoms with E-state index in [9.17, 15) is 0 Å². The normalized spacial score (nSPS) is 10.2. The Bertz CT molecular complexity index is 53.7. The average molecular weight is 148 g/mol. The summed E-state index contributed by atoms with van der Waals surface area (Å²) in [5, 5.41) is 22.2. The van der Waals surface area contributed by atoms with Crippen LogP contribution in [-0.4, -0.2) is 36.8 Å². The lowest BCUT2D eigenvalue weighted by molar-refractivity contribution is 0.253. The average Bonchev–Trinajstić information content (AvgIpc) is 1.97.